The topological polar surface area (TPSA) is 94.5 Å². The summed E-state index contributed by atoms with van der Waals surface area (Å²) in [7, 11) is 0. The Morgan fingerprint density at radius 3 is 1.10 bits per heavy atom. The highest BCUT2D eigenvalue weighted by Gasteiger charge is 2.34. The molecule has 0 unspecified atom stereocenters. The number of esters is 2. The van der Waals surface area contributed by atoms with Crippen LogP contribution in [-0.4, -0.2) is 85.8 Å². The van der Waals surface area contributed by atoms with E-state index in [-0.39, 0.29) is 43.0 Å². The van der Waals surface area contributed by atoms with Gasteiger partial charge in [-0.2, -0.15) is 0 Å². The Kier molecular flexibility index (Phi) is 43.6. The Bertz CT molecular complexity index is 879. The molecule has 0 bridgehead atoms. The summed E-state index contributed by atoms with van der Waals surface area (Å²) < 4.78 is 25.1. The van der Waals surface area contributed by atoms with Crippen molar-refractivity contribution in [3.8, 4) is 0 Å². The number of ether oxygens (including phenoxy) is 4. The van der Waals surface area contributed by atoms with Crippen molar-refractivity contribution in [2.24, 2.45) is 0 Å². The van der Waals surface area contributed by atoms with Gasteiger partial charge in [-0.05, 0) is 103 Å². The summed E-state index contributed by atoms with van der Waals surface area (Å²) in [5, 5.41) is 9.24. The molecule has 1 aliphatic rings. The first-order valence-corrected chi connectivity index (χ1v) is 27.9. The summed E-state index contributed by atoms with van der Waals surface area (Å²) in [5.74, 6) is -0.0425. The van der Waals surface area contributed by atoms with E-state index in [1.807, 2.05) is 0 Å². The minimum Gasteiger partial charge on any atom is -0.462 e. The molecule has 0 aliphatic carbocycles. The molecule has 1 saturated heterocycles. The normalized spacial score (nSPS) is 15.6. The number of hydrogen-bond acceptors (Lipinski definition) is 8. The Morgan fingerprint density at radius 2 is 0.746 bits per heavy atom. The number of aliphatic hydroxyl groups excluding tert-OH is 1. The number of unbranched alkanes of at least 4 members (excludes halogenated alkanes) is 26. The summed E-state index contributed by atoms with van der Waals surface area (Å²) in [6, 6.07) is 0. The van der Waals surface area contributed by atoms with Gasteiger partial charge in [-0.25, -0.2) is 0 Å². The van der Waals surface area contributed by atoms with Gasteiger partial charge in [-0.3, -0.25) is 14.5 Å². The molecule has 0 saturated carbocycles. The van der Waals surface area contributed by atoms with Gasteiger partial charge in [-0.15, -0.1) is 0 Å². The zero-order valence-corrected chi connectivity index (χ0v) is 42.5. The van der Waals surface area contributed by atoms with E-state index in [2.05, 4.69) is 32.6 Å². The third kappa shape index (κ3) is 37.6. The van der Waals surface area contributed by atoms with Crippen molar-refractivity contribution in [2.45, 2.75) is 303 Å². The average Bonchev–Trinajstić information content (AvgIpc) is 3.67. The minimum absolute atomic E-state index is 0.0212. The lowest BCUT2D eigenvalue weighted by atomic mass is 10.0. The molecular weight excluding hydrogens is 787 g/mol. The molecule has 2 atom stereocenters. The number of carbonyl (C=O) groups excluding carboxylic acids is 2. The maximum Gasteiger partial charge on any atom is 0.306 e. The lowest BCUT2D eigenvalue weighted by Gasteiger charge is -2.20. The van der Waals surface area contributed by atoms with Gasteiger partial charge in [-0.1, -0.05) is 169 Å². The van der Waals surface area contributed by atoms with Crippen LogP contribution < -0.4 is 0 Å². The molecule has 374 valence electrons. The van der Waals surface area contributed by atoms with Crippen molar-refractivity contribution in [1.29, 1.82) is 0 Å². The first kappa shape index (κ1) is 59.8. The molecular formula is C55H107NO7. The van der Waals surface area contributed by atoms with Gasteiger partial charge in [0.2, 0.25) is 0 Å². The van der Waals surface area contributed by atoms with Gasteiger partial charge in [0.1, 0.15) is 12.2 Å². The monoisotopic (exact) mass is 894 g/mol. The Morgan fingerprint density at radius 1 is 0.429 bits per heavy atom. The molecule has 63 heavy (non-hydrogen) atoms. The molecule has 1 fully saturated rings. The van der Waals surface area contributed by atoms with Crippen molar-refractivity contribution < 1.29 is 33.6 Å². The van der Waals surface area contributed by atoms with Crippen molar-refractivity contribution in [3.05, 3.63) is 0 Å². The summed E-state index contributed by atoms with van der Waals surface area (Å²) >= 11 is 0. The van der Waals surface area contributed by atoms with Gasteiger partial charge < -0.3 is 24.1 Å². The van der Waals surface area contributed by atoms with Crippen molar-refractivity contribution in [1.82, 2.24) is 4.90 Å². The number of hydrogen-bond donors (Lipinski definition) is 1. The SMILES string of the molecule is CCCCCCCCC(CCCCCCCC)OC(=O)CCCCCO[C@H]1CN(CCCCCO)C[C@H]1OCCCCCC(=O)OC(CCCCCCCC)CCCCCCCC. The summed E-state index contributed by atoms with van der Waals surface area (Å²) in [5.41, 5.74) is 0. The van der Waals surface area contributed by atoms with Gasteiger partial charge in [0.15, 0.2) is 0 Å². The number of likely N-dealkylation sites (tertiary alicyclic amines) is 1. The Labute approximate surface area is 391 Å². The van der Waals surface area contributed by atoms with Crippen molar-refractivity contribution in [2.75, 3.05) is 39.5 Å². The van der Waals surface area contributed by atoms with E-state index < -0.39 is 0 Å². The second-order valence-electron chi connectivity index (χ2n) is 19.4. The van der Waals surface area contributed by atoms with Crippen molar-refractivity contribution >= 4 is 11.9 Å². The van der Waals surface area contributed by atoms with E-state index in [1.165, 1.54) is 128 Å². The number of nitrogens with zero attached hydrogens (tertiary/aromatic N) is 1. The number of rotatable bonds is 49. The van der Waals surface area contributed by atoms with Gasteiger partial charge in [0, 0.05) is 45.8 Å². The molecule has 0 amide bonds. The standard InChI is InChI=1S/C55H107NO7/c1-5-9-13-17-21-28-38-50(39-29-22-18-14-10-6-2)62-54(58)42-32-25-36-46-60-52-48-56(44-34-27-35-45-57)49-53(52)61-47-37-26-33-43-55(59)63-51(40-30-23-19-15-11-7-3)41-31-24-20-16-12-8-4/h50-53,57H,5-49H2,1-4H3/t52-,53+. The van der Waals surface area contributed by atoms with E-state index in [1.54, 1.807) is 0 Å². The molecule has 1 N–H and O–H groups in total. The third-order valence-electron chi connectivity index (χ3n) is 13.3. The summed E-state index contributed by atoms with van der Waals surface area (Å²) in [4.78, 5) is 28.3. The van der Waals surface area contributed by atoms with Crippen LogP contribution in [-0.2, 0) is 28.5 Å². The molecule has 1 aliphatic heterocycles. The molecule has 0 aromatic carbocycles. The quantitative estimate of drug-likeness (QED) is 0.0477. The molecule has 1 rings (SSSR count). The first-order valence-electron chi connectivity index (χ1n) is 27.9. The highest BCUT2D eigenvalue weighted by molar-refractivity contribution is 5.69. The predicted molar refractivity (Wildman–Crippen MR) is 266 cm³/mol. The van der Waals surface area contributed by atoms with Crippen LogP contribution in [0.1, 0.15) is 278 Å². The maximum atomic E-state index is 12.9. The summed E-state index contributed by atoms with van der Waals surface area (Å²) in [6.07, 6.45) is 44.2. The van der Waals surface area contributed by atoms with Crippen LogP contribution in [0, 0.1) is 0 Å². The van der Waals surface area contributed by atoms with Gasteiger partial charge in [0.25, 0.3) is 0 Å². The zero-order valence-electron chi connectivity index (χ0n) is 42.5. The second-order valence-corrected chi connectivity index (χ2v) is 19.4. The molecule has 0 aromatic rings. The molecule has 8 heteroatoms. The first-order chi connectivity index (χ1) is 31.0. The zero-order chi connectivity index (χ0) is 45.7. The van der Waals surface area contributed by atoms with Crippen LogP contribution in [0.25, 0.3) is 0 Å². The largest absolute Gasteiger partial charge is 0.462 e. The molecule has 1 heterocycles. The van der Waals surface area contributed by atoms with Crippen LogP contribution >= 0.6 is 0 Å². The van der Waals surface area contributed by atoms with E-state index in [9.17, 15) is 14.7 Å². The Balaban J connectivity index is 2.45. The average molecular weight is 894 g/mol. The smallest absolute Gasteiger partial charge is 0.306 e. The van der Waals surface area contributed by atoms with Crippen LogP contribution in [0.3, 0.4) is 0 Å². The number of aliphatic hydroxyl groups is 1. The van der Waals surface area contributed by atoms with Crippen LogP contribution in [0.4, 0.5) is 0 Å². The molecule has 0 aromatic heterocycles. The van der Waals surface area contributed by atoms with Crippen LogP contribution in [0.2, 0.25) is 0 Å². The number of carbonyl (C=O) groups is 2. The van der Waals surface area contributed by atoms with Crippen LogP contribution in [0.15, 0.2) is 0 Å². The van der Waals surface area contributed by atoms with E-state index >= 15 is 0 Å². The van der Waals surface area contributed by atoms with E-state index in [0.717, 1.165) is 129 Å². The van der Waals surface area contributed by atoms with E-state index in [4.69, 9.17) is 18.9 Å². The van der Waals surface area contributed by atoms with Gasteiger partial charge >= 0.3 is 11.9 Å². The highest BCUT2D eigenvalue weighted by atomic mass is 16.6. The Hall–Kier alpha value is -1.22. The highest BCUT2D eigenvalue weighted by Crippen LogP contribution is 2.22. The van der Waals surface area contributed by atoms with Crippen molar-refractivity contribution in [3.63, 3.8) is 0 Å². The lowest BCUT2D eigenvalue weighted by Crippen LogP contribution is -2.30. The predicted octanol–water partition coefficient (Wildman–Crippen LogP) is 15.2. The minimum atomic E-state index is -0.0212. The molecule has 0 radical (unpaired) electrons. The van der Waals surface area contributed by atoms with Crippen LogP contribution in [0.5, 0.6) is 0 Å². The second kappa shape index (κ2) is 45.9. The van der Waals surface area contributed by atoms with E-state index in [0.29, 0.717) is 26.1 Å². The maximum absolute atomic E-state index is 12.9. The molecule has 0 spiro atoms. The fourth-order valence-electron chi connectivity index (χ4n) is 9.13. The summed E-state index contributed by atoms with van der Waals surface area (Å²) in [6.45, 7) is 13.4. The molecule has 8 nitrogen and oxygen atoms in total. The lowest BCUT2D eigenvalue weighted by molar-refractivity contribution is -0.151. The third-order valence-corrected chi connectivity index (χ3v) is 13.3. The van der Waals surface area contributed by atoms with Gasteiger partial charge in [0.05, 0.1) is 12.2 Å². The fourth-order valence-corrected chi connectivity index (χ4v) is 9.13. The fraction of sp³-hybridized carbons (Fsp3) is 0.964.